The quantitative estimate of drug-likeness (QED) is 0.881. The van der Waals surface area contributed by atoms with Gasteiger partial charge in [-0.1, -0.05) is 48.0 Å². The second kappa shape index (κ2) is 6.16. The second-order valence-electron chi connectivity index (χ2n) is 4.57. The van der Waals surface area contributed by atoms with E-state index in [1.165, 1.54) is 5.56 Å². The number of benzene rings is 2. The molecule has 3 N–H and O–H groups in total. The fourth-order valence-corrected chi connectivity index (χ4v) is 1.91. The summed E-state index contributed by atoms with van der Waals surface area (Å²) in [5.41, 5.74) is 9.58. The maximum absolute atomic E-state index is 12.0. The zero-order valence-electron chi connectivity index (χ0n) is 11.0. The van der Waals surface area contributed by atoms with Crippen molar-refractivity contribution in [3.8, 4) is 0 Å². The van der Waals surface area contributed by atoms with Crippen molar-refractivity contribution >= 4 is 11.6 Å². The number of hydrogen-bond donors (Lipinski definition) is 2. The molecule has 3 nitrogen and oxygen atoms in total. The summed E-state index contributed by atoms with van der Waals surface area (Å²) >= 11 is 0. The largest absolute Gasteiger partial charge is 0.326 e. The van der Waals surface area contributed by atoms with Crippen LogP contribution in [0.15, 0.2) is 48.5 Å². The lowest BCUT2D eigenvalue weighted by atomic mass is 10.1. The summed E-state index contributed by atoms with van der Waals surface area (Å²) in [6.07, 6.45) is 0.374. The third-order valence-electron chi connectivity index (χ3n) is 3.00. The first-order valence-corrected chi connectivity index (χ1v) is 6.32. The van der Waals surface area contributed by atoms with Gasteiger partial charge in [0.05, 0.1) is 6.42 Å². The Bertz CT molecular complexity index is 561. The summed E-state index contributed by atoms with van der Waals surface area (Å²) in [7, 11) is 0. The number of rotatable bonds is 4. The molecule has 0 bridgehead atoms. The normalized spacial score (nSPS) is 10.2. The molecule has 2 aromatic rings. The Morgan fingerprint density at radius 2 is 1.79 bits per heavy atom. The molecule has 2 aromatic carbocycles. The molecule has 0 aliphatic rings. The van der Waals surface area contributed by atoms with Gasteiger partial charge in [-0.25, -0.2) is 0 Å². The highest BCUT2D eigenvalue weighted by atomic mass is 16.1. The molecule has 0 saturated carbocycles. The van der Waals surface area contributed by atoms with Gasteiger partial charge in [-0.3, -0.25) is 4.79 Å². The molecule has 0 aromatic heterocycles. The zero-order chi connectivity index (χ0) is 13.7. The molecule has 0 aliphatic carbocycles. The van der Waals surface area contributed by atoms with Gasteiger partial charge in [0.1, 0.15) is 0 Å². The summed E-state index contributed by atoms with van der Waals surface area (Å²) in [5.74, 6) is -0.0234. The second-order valence-corrected chi connectivity index (χ2v) is 4.57. The maximum atomic E-state index is 12.0. The predicted octanol–water partition coefficient (Wildman–Crippen LogP) is 2.63. The van der Waals surface area contributed by atoms with Gasteiger partial charge in [0.15, 0.2) is 0 Å². The molecule has 0 unspecified atom stereocenters. The third-order valence-corrected chi connectivity index (χ3v) is 3.00. The average molecular weight is 254 g/mol. The lowest BCUT2D eigenvalue weighted by Gasteiger charge is -2.09. The number of nitrogens with one attached hydrogen (secondary N) is 1. The van der Waals surface area contributed by atoms with Crippen LogP contribution in [-0.2, 0) is 17.8 Å². The van der Waals surface area contributed by atoms with Gasteiger partial charge in [-0.2, -0.15) is 0 Å². The van der Waals surface area contributed by atoms with Crippen molar-refractivity contribution < 1.29 is 4.79 Å². The Morgan fingerprint density at radius 1 is 1.11 bits per heavy atom. The molecule has 1 amide bonds. The van der Waals surface area contributed by atoms with Gasteiger partial charge in [-0.05, 0) is 24.1 Å². The molecule has 0 atom stereocenters. The van der Waals surface area contributed by atoms with E-state index in [2.05, 4.69) is 5.32 Å². The first-order valence-electron chi connectivity index (χ1n) is 6.32. The van der Waals surface area contributed by atoms with Crippen molar-refractivity contribution in [2.45, 2.75) is 19.9 Å². The van der Waals surface area contributed by atoms with Crippen molar-refractivity contribution in [2.75, 3.05) is 5.32 Å². The van der Waals surface area contributed by atoms with E-state index in [0.29, 0.717) is 13.0 Å². The van der Waals surface area contributed by atoms with Gasteiger partial charge < -0.3 is 11.1 Å². The van der Waals surface area contributed by atoms with Crippen LogP contribution in [0, 0.1) is 6.92 Å². The molecule has 0 radical (unpaired) electrons. The van der Waals surface area contributed by atoms with Crippen LogP contribution in [0.25, 0.3) is 0 Å². The van der Waals surface area contributed by atoms with E-state index >= 15 is 0 Å². The van der Waals surface area contributed by atoms with Gasteiger partial charge in [-0.15, -0.1) is 0 Å². The van der Waals surface area contributed by atoms with Crippen molar-refractivity contribution in [1.29, 1.82) is 0 Å². The molecule has 0 aliphatic heterocycles. The van der Waals surface area contributed by atoms with Crippen LogP contribution in [-0.4, -0.2) is 5.91 Å². The third kappa shape index (κ3) is 3.66. The van der Waals surface area contributed by atoms with Crippen LogP contribution in [0.2, 0.25) is 0 Å². The highest BCUT2D eigenvalue weighted by molar-refractivity contribution is 5.92. The lowest BCUT2D eigenvalue weighted by molar-refractivity contribution is -0.115. The van der Waals surface area contributed by atoms with Gasteiger partial charge in [0.2, 0.25) is 5.91 Å². The van der Waals surface area contributed by atoms with Crippen LogP contribution in [0.1, 0.15) is 16.7 Å². The van der Waals surface area contributed by atoms with Crippen molar-refractivity contribution in [1.82, 2.24) is 0 Å². The molecule has 0 saturated heterocycles. The molecule has 2 rings (SSSR count). The van der Waals surface area contributed by atoms with Gasteiger partial charge >= 0.3 is 0 Å². The number of amides is 1. The Balaban J connectivity index is 2.03. The minimum absolute atomic E-state index is 0.0234. The molecular formula is C16H18N2O. The average Bonchev–Trinajstić information content (AvgIpc) is 2.42. The summed E-state index contributed by atoms with van der Waals surface area (Å²) in [4.78, 5) is 12.0. The lowest BCUT2D eigenvalue weighted by Crippen LogP contribution is -2.16. The Hall–Kier alpha value is -2.13. The van der Waals surface area contributed by atoms with E-state index in [-0.39, 0.29) is 5.91 Å². The number of anilines is 1. The van der Waals surface area contributed by atoms with Crippen molar-refractivity contribution in [3.05, 3.63) is 65.2 Å². The fraction of sp³-hybridized carbons (Fsp3) is 0.188. The van der Waals surface area contributed by atoms with Crippen LogP contribution in [0.5, 0.6) is 0 Å². The summed E-state index contributed by atoms with van der Waals surface area (Å²) in [5, 5.41) is 2.91. The van der Waals surface area contributed by atoms with E-state index in [1.807, 2.05) is 55.5 Å². The predicted molar refractivity (Wildman–Crippen MR) is 77.8 cm³/mol. The van der Waals surface area contributed by atoms with E-state index in [4.69, 9.17) is 5.73 Å². The van der Waals surface area contributed by atoms with Gasteiger partial charge in [0.25, 0.3) is 0 Å². The van der Waals surface area contributed by atoms with Crippen LogP contribution >= 0.6 is 0 Å². The number of para-hydroxylation sites is 1. The molecule has 0 heterocycles. The number of carbonyl (C=O) groups excluding carboxylic acids is 1. The molecule has 3 heteroatoms. The maximum Gasteiger partial charge on any atom is 0.228 e. The van der Waals surface area contributed by atoms with Crippen LogP contribution in [0.3, 0.4) is 0 Å². The smallest absolute Gasteiger partial charge is 0.228 e. The van der Waals surface area contributed by atoms with Gasteiger partial charge in [0, 0.05) is 12.2 Å². The number of aryl methyl sites for hydroxylation is 1. The van der Waals surface area contributed by atoms with E-state index in [0.717, 1.165) is 16.8 Å². The molecule has 0 spiro atoms. The van der Waals surface area contributed by atoms with E-state index < -0.39 is 0 Å². The van der Waals surface area contributed by atoms with Crippen molar-refractivity contribution in [2.24, 2.45) is 5.73 Å². The number of hydrogen-bond acceptors (Lipinski definition) is 2. The highest BCUT2D eigenvalue weighted by Crippen LogP contribution is 2.14. The minimum Gasteiger partial charge on any atom is -0.326 e. The summed E-state index contributed by atoms with van der Waals surface area (Å²) in [6.45, 7) is 2.45. The topological polar surface area (TPSA) is 55.1 Å². The summed E-state index contributed by atoms with van der Waals surface area (Å²) < 4.78 is 0. The highest BCUT2D eigenvalue weighted by Gasteiger charge is 2.06. The SMILES string of the molecule is Cc1ccc(CC(=O)Nc2ccccc2CN)cc1. The first-order chi connectivity index (χ1) is 9.19. The Kier molecular flexibility index (Phi) is 4.31. The standard InChI is InChI=1S/C16H18N2O/c1-12-6-8-13(9-7-12)10-16(19)18-15-5-3-2-4-14(15)11-17/h2-9H,10-11,17H2,1H3,(H,18,19). The molecule has 19 heavy (non-hydrogen) atoms. The Morgan fingerprint density at radius 3 is 2.47 bits per heavy atom. The molecule has 98 valence electrons. The minimum atomic E-state index is -0.0234. The van der Waals surface area contributed by atoms with Crippen LogP contribution < -0.4 is 11.1 Å². The van der Waals surface area contributed by atoms with Crippen LogP contribution in [0.4, 0.5) is 5.69 Å². The van der Waals surface area contributed by atoms with E-state index in [9.17, 15) is 4.79 Å². The van der Waals surface area contributed by atoms with Crippen molar-refractivity contribution in [3.63, 3.8) is 0 Å². The number of carbonyl (C=O) groups is 1. The molecule has 0 fully saturated rings. The zero-order valence-corrected chi connectivity index (χ0v) is 11.0. The monoisotopic (exact) mass is 254 g/mol. The summed E-state index contributed by atoms with van der Waals surface area (Å²) in [6, 6.07) is 15.6. The van der Waals surface area contributed by atoms with E-state index in [1.54, 1.807) is 0 Å². The molecular weight excluding hydrogens is 236 g/mol. The Labute approximate surface area is 113 Å². The first kappa shape index (κ1) is 13.3. The number of nitrogens with two attached hydrogens (primary N) is 1. The fourth-order valence-electron chi connectivity index (χ4n) is 1.91.